The second-order valence-corrected chi connectivity index (χ2v) is 8.51. The van der Waals surface area contributed by atoms with Gasteiger partial charge in [0.15, 0.2) is 6.10 Å². The number of nitrogens with zero attached hydrogens (tertiary/aromatic N) is 3. The summed E-state index contributed by atoms with van der Waals surface area (Å²) >= 11 is 0. The van der Waals surface area contributed by atoms with Crippen LogP contribution in [0.5, 0.6) is 0 Å². The van der Waals surface area contributed by atoms with Gasteiger partial charge in [0.1, 0.15) is 11.9 Å². The molecular weight excluding hydrogens is 397 g/mol. The van der Waals surface area contributed by atoms with Gasteiger partial charge in [-0.1, -0.05) is 6.07 Å². The molecule has 0 aromatic heterocycles. The van der Waals surface area contributed by atoms with E-state index in [1.54, 1.807) is 18.2 Å². The predicted octanol–water partition coefficient (Wildman–Crippen LogP) is 2.41. The van der Waals surface area contributed by atoms with Crippen LogP contribution in [0.15, 0.2) is 53.4 Å². The number of ether oxygens (including phenoxy) is 1. The fourth-order valence-corrected chi connectivity index (χ4v) is 4.49. The van der Waals surface area contributed by atoms with Crippen molar-refractivity contribution in [2.45, 2.75) is 17.9 Å². The molecule has 0 bridgehead atoms. The van der Waals surface area contributed by atoms with E-state index in [0.717, 1.165) is 5.69 Å². The van der Waals surface area contributed by atoms with Crippen molar-refractivity contribution >= 4 is 21.7 Å². The van der Waals surface area contributed by atoms with Gasteiger partial charge in [0.05, 0.1) is 10.5 Å². The fraction of sp³-hybridized carbons (Fsp3) is 0.300. The quantitative estimate of drug-likeness (QED) is 0.694. The van der Waals surface area contributed by atoms with Crippen molar-refractivity contribution in [2.75, 3.05) is 31.1 Å². The Kier molecular flexibility index (Phi) is 6.15. The number of hydrogen-bond donors (Lipinski definition) is 0. The van der Waals surface area contributed by atoms with E-state index < -0.39 is 22.1 Å². The first-order valence-electron chi connectivity index (χ1n) is 9.02. The molecule has 0 saturated carbocycles. The van der Waals surface area contributed by atoms with Crippen molar-refractivity contribution < 1.29 is 22.3 Å². The number of anilines is 1. The Morgan fingerprint density at radius 1 is 1.14 bits per heavy atom. The molecule has 2 aromatic rings. The van der Waals surface area contributed by atoms with Crippen LogP contribution < -0.4 is 4.90 Å². The predicted molar refractivity (Wildman–Crippen MR) is 104 cm³/mol. The molecule has 0 aliphatic carbocycles. The van der Waals surface area contributed by atoms with E-state index in [1.807, 2.05) is 4.90 Å². The van der Waals surface area contributed by atoms with Gasteiger partial charge < -0.3 is 9.64 Å². The van der Waals surface area contributed by atoms with Crippen molar-refractivity contribution in [3.8, 4) is 6.07 Å². The van der Waals surface area contributed by atoms with Gasteiger partial charge in [0.2, 0.25) is 10.0 Å². The molecule has 1 heterocycles. The van der Waals surface area contributed by atoms with Crippen molar-refractivity contribution in [3.63, 3.8) is 0 Å². The van der Waals surface area contributed by atoms with Crippen molar-refractivity contribution in [1.82, 2.24) is 4.31 Å². The van der Waals surface area contributed by atoms with E-state index in [1.165, 1.54) is 47.6 Å². The first-order chi connectivity index (χ1) is 13.8. The summed E-state index contributed by atoms with van der Waals surface area (Å²) in [4.78, 5) is 14.1. The van der Waals surface area contributed by atoms with Gasteiger partial charge in [-0.05, 0) is 49.4 Å². The van der Waals surface area contributed by atoms with E-state index in [4.69, 9.17) is 10.00 Å². The summed E-state index contributed by atoms with van der Waals surface area (Å²) in [5, 5.41) is 8.75. The zero-order valence-corrected chi connectivity index (χ0v) is 16.6. The first-order valence-corrected chi connectivity index (χ1v) is 10.5. The molecule has 3 rings (SSSR count). The van der Waals surface area contributed by atoms with Crippen LogP contribution in [0.1, 0.15) is 17.3 Å². The Morgan fingerprint density at radius 2 is 1.79 bits per heavy atom. The Labute approximate surface area is 169 Å². The molecule has 9 heteroatoms. The second-order valence-electron chi connectivity index (χ2n) is 6.57. The normalized spacial score (nSPS) is 16.1. The lowest BCUT2D eigenvalue weighted by Crippen LogP contribution is -2.48. The van der Waals surface area contributed by atoms with Crippen LogP contribution in [0.2, 0.25) is 0 Å². The highest BCUT2D eigenvalue weighted by Crippen LogP contribution is 2.22. The van der Waals surface area contributed by atoms with Crippen LogP contribution in [0, 0.1) is 17.1 Å². The second kappa shape index (κ2) is 8.59. The van der Waals surface area contributed by atoms with Crippen LogP contribution in [0.4, 0.5) is 10.1 Å². The van der Waals surface area contributed by atoms with Crippen LogP contribution in [-0.4, -0.2) is 51.0 Å². The van der Waals surface area contributed by atoms with Crippen molar-refractivity contribution in [2.24, 2.45) is 0 Å². The lowest BCUT2D eigenvalue weighted by molar-refractivity contribution is 0.0435. The number of piperazine rings is 1. The average molecular weight is 417 g/mol. The smallest absolute Gasteiger partial charge is 0.339 e. The standard InChI is InChI=1S/C20H20FN3O4S/c1-15(14-22)28-20(25)16-3-2-4-19(13-16)29(26,27)24-11-9-23(10-12-24)18-7-5-17(21)6-8-18/h2-8,13,15H,9-12H2,1H3/t15-/m0/s1. The molecule has 1 atom stereocenters. The molecule has 1 fully saturated rings. The van der Waals surface area contributed by atoms with E-state index in [0.29, 0.717) is 13.1 Å². The highest BCUT2D eigenvalue weighted by molar-refractivity contribution is 7.89. The maximum Gasteiger partial charge on any atom is 0.339 e. The van der Waals surface area contributed by atoms with Gasteiger partial charge in [-0.25, -0.2) is 17.6 Å². The Morgan fingerprint density at radius 3 is 2.41 bits per heavy atom. The molecule has 152 valence electrons. The van der Waals surface area contributed by atoms with Crippen LogP contribution in [0.25, 0.3) is 0 Å². The number of sulfonamides is 1. The van der Waals surface area contributed by atoms with Gasteiger partial charge >= 0.3 is 5.97 Å². The largest absolute Gasteiger partial charge is 0.444 e. The maximum atomic E-state index is 13.1. The molecule has 0 spiro atoms. The SMILES string of the molecule is C[C@@H](C#N)OC(=O)c1cccc(S(=O)(=O)N2CCN(c3ccc(F)cc3)CC2)c1. The number of hydrogen-bond acceptors (Lipinski definition) is 6. The number of benzene rings is 2. The fourth-order valence-electron chi connectivity index (χ4n) is 3.03. The third-order valence-electron chi connectivity index (χ3n) is 4.60. The monoisotopic (exact) mass is 417 g/mol. The highest BCUT2D eigenvalue weighted by atomic mass is 32.2. The Hall–Kier alpha value is -2.96. The van der Waals surface area contributed by atoms with Crippen LogP contribution >= 0.6 is 0 Å². The van der Waals surface area contributed by atoms with E-state index >= 15 is 0 Å². The molecule has 1 aliphatic heterocycles. The maximum absolute atomic E-state index is 13.1. The molecule has 0 N–H and O–H groups in total. The molecule has 2 aromatic carbocycles. The van der Waals surface area contributed by atoms with Gasteiger partial charge in [-0.15, -0.1) is 0 Å². The van der Waals surface area contributed by atoms with Gasteiger partial charge in [0, 0.05) is 31.9 Å². The van der Waals surface area contributed by atoms with Crippen LogP contribution in [-0.2, 0) is 14.8 Å². The van der Waals surface area contributed by atoms with E-state index in [2.05, 4.69) is 0 Å². The van der Waals surface area contributed by atoms with Gasteiger partial charge in [-0.3, -0.25) is 0 Å². The summed E-state index contributed by atoms with van der Waals surface area (Å²) in [5.74, 6) is -1.07. The Balaban J connectivity index is 1.71. The third kappa shape index (κ3) is 4.72. The number of carbonyl (C=O) groups excluding carboxylic acids is 1. The zero-order chi connectivity index (χ0) is 21.0. The highest BCUT2D eigenvalue weighted by Gasteiger charge is 2.29. The molecule has 7 nitrogen and oxygen atoms in total. The van der Waals surface area contributed by atoms with Gasteiger partial charge in [0.25, 0.3) is 0 Å². The lowest BCUT2D eigenvalue weighted by atomic mass is 10.2. The number of nitriles is 1. The molecule has 0 radical (unpaired) electrons. The van der Waals surface area contributed by atoms with E-state index in [9.17, 15) is 17.6 Å². The minimum atomic E-state index is -3.79. The zero-order valence-electron chi connectivity index (χ0n) is 15.8. The summed E-state index contributed by atoms with van der Waals surface area (Å²) < 4.78 is 45.3. The number of rotatable bonds is 5. The molecule has 29 heavy (non-hydrogen) atoms. The molecule has 0 amide bonds. The van der Waals surface area contributed by atoms with Crippen molar-refractivity contribution in [3.05, 3.63) is 59.9 Å². The molecule has 0 unspecified atom stereocenters. The first kappa shape index (κ1) is 20.8. The number of halogens is 1. The third-order valence-corrected chi connectivity index (χ3v) is 6.50. The number of carbonyl (C=O) groups is 1. The molecular formula is C20H20FN3O4S. The minimum Gasteiger partial charge on any atom is -0.444 e. The van der Waals surface area contributed by atoms with E-state index in [-0.39, 0.29) is 29.4 Å². The van der Waals surface area contributed by atoms with Gasteiger partial charge in [-0.2, -0.15) is 9.57 Å². The topological polar surface area (TPSA) is 90.7 Å². The lowest BCUT2D eigenvalue weighted by Gasteiger charge is -2.35. The van der Waals surface area contributed by atoms with Crippen LogP contribution in [0.3, 0.4) is 0 Å². The molecule has 1 aliphatic rings. The summed E-state index contributed by atoms with van der Waals surface area (Å²) in [6, 6.07) is 13.4. The summed E-state index contributed by atoms with van der Waals surface area (Å²) in [6.07, 6.45) is -0.928. The summed E-state index contributed by atoms with van der Waals surface area (Å²) in [7, 11) is -3.79. The molecule has 1 saturated heterocycles. The summed E-state index contributed by atoms with van der Waals surface area (Å²) in [6.45, 7) is 2.89. The summed E-state index contributed by atoms with van der Waals surface area (Å²) in [5.41, 5.74) is 0.901. The minimum absolute atomic E-state index is 0.00760. The average Bonchev–Trinajstić information content (AvgIpc) is 2.74. The number of esters is 1. The Bertz CT molecular complexity index is 1030. The van der Waals surface area contributed by atoms with Crippen molar-refractivity contribution in [1.29, 1.82) is 5.26 Å².